The normalized spacial score (nSPS) is 25.1. The minimum Gasteiger partial charge on any atom is -0.256 e. The highest BCUT2D eigenvalue weighted by atomic mass is 19.4. The van der Waals surface area contributed by atoms with E-state index in [1.165, 1.54) is 6.21 Å². The van der Waals surface area contributed by atoms with Crippen LogP contribution < -0.4 is 0 Å². The van der Waals surface area contributed by atoms with Crippen LogP contribution in [0.3, 0.4) is 0 Å². The van der Waals surface area contributed by atoms with Gasteiger partial charge in [-0.25, -0.2) is 0 Å². The molecule has 1 aliphatic rings. The fourth-order valence-electron chi connectivity index (χ4n) is 0.866. The van der Waals surface area contributed by atoms with Gasteiger partial charge in [-0.1, -0.05) is 13.0 Å². The van der Waals surface area contributed by atoms with E-state index >= 15 is 0 Å². The summed E-state index contributed by atoms with van der Waals surface area (Å²) in [6.45, 7) is 1.73. The molecule has 1 aliphatic heterocycles. The van der Waals surface area contributed by atoms with E-state index in [1.807, 2.05) is 0 Å². The zero-order chi connectivity index (χ0) is 8.48. The largest absolute Gasteiger partial charge is 0.433 e. The van der Waals surface area contributed by atoms with Crippen molar-refractivity contribution in [3.8, 4) is 0 Å². The van der Waals surface area contributed by atoms with Crippen molar-refractivity contribution in [2.75, 3.05) is 0 Å². The Morgan fingerprint density at radius 1 is 1.55 bits per heavy atom. The monoisotopic (exact) mass is 163 g/mol. The molecule has 1 rings (SSSR count). The van der Waals surface area contributed by atoms with E-state index in [0.717, 1.165) is 6.08 Å². The number of halogens is 3. The predicted octanol–water partition coefficient (Wildman–Crippen LogP) is 2.54. The summed E-state index contributed by atoms with van der Waals surface area (Å²) in [6.07, 6.45) is -1.22. The summed E-state index contributed by atoms with van der Waals surface area (Å²) >= 11 is 0. The fraction of sp³-hybridized carbons (Fsp3) is 0.571. The summed E-state index contributed by atoms with van der Waals surface area (Å²) in [5.41, 5.74) is -0.767. The Labute approximate surface area is 62.6 Å². The van der Waals surface area contributed by atoms with Crippen LogP contribution in [0, 0.1) is 5.92 Å². The highest BCUT2D eigenvalue weighted by Gasteiger charge is 2.34. The van der Waals surface area contributed by atoms with E-state index in [1.54, 1.807) is 6.92 Å². The number of alkyl halides is 3. The molecule has 0 fully saturated rings. The summed E-state index contributed by atoms with van der Waals surface area (Å²) in [4.78, 5) is 3.26. The third kappa shape index (κ3) is 2.06. The number of allylic oxidation sites excluding steroid dienone is 2. The third-order valence-electron chi connectivity index (χ3n) is 1.44. The smallest absolute Gasteiger partial charge is 0.256 e. The molecule has 0 saturated heterocycles. The minimum absolute atomic E-state index is 0.0517. The Morgan fingerprint density at radius 2 is 2.18 bits per heavy atom. The van der Waals surface area contributed by atoms with Crippen LogP contribution in [0.1, 0.15) is 13.3 Å². The molecule has 1 unspecified atom stereocenters. The lowest BCUT2D eigenvalue weighted by molar-refractivity contribution is -0.0929. The van der Waals surface area contributed by atoms with Gasteiger partial charge in [0.1, 0.15) is 5.70 Å². The van der Waals surface area contributed by atoms with Crippen LogP contribution in [0.15, 0.2) is 16.8 Å². The van der Waals surface area contributed by atoms with Crippen molar-refractivity contribution >= 4 is 6.21 Å². The quantitative estimate of drug-likeness (QED) is 0.520. The molecule has 0 amide bonds. The molecule has 1 atom stereocenters. The summed E-state index contributed by atoms with van der Waals surface area (Å²) < 4.78 is 35.8. The van der Waals surface area contributed by atoms with E-state index < -0.39 is 11.9 Å². The van der Waals surface area contributed by atoms with Gasteiger partial charge in [-0.05, 0) is 12.3 Å². The maximum atomic E-state index is 11.9. The van der Waals surface area contributed by atoms with Gasteiger partial charge in [-0.3, -0.25) is 4.99 Å². The number of rotatable bonds is 0. The SMILES string of the molecule is CC1C=C(C(F)(F)F)N=CC1. The molecule has 0 saturated carbocycles. The van der Waals surface area contributed by atoms with E-state index in [-0.39, 0.29) is 5.92 Å². The zero-order valence-corrected chi connectivity index (χ0v) is 6.02. The minimum atomic E-state index is -4.29. The number of hydrogen-bond donors (Lipinski definition) is 0. The Morgan fingerprint density at radius 3 is 2.55 bits per heavy atom. The first kappa shape index (κ1) is 8.30. The number of aliphatic imine (C=N–C) groups is 1. The Kier molecular flexibility index (Phi) is 2.02. The third-order valence-corrected chi connectivity index (χ3v) is 1.44. The highest BCUT2D eigenvalue weighted by Crippen LogP contribution is 2.29. The van der Waals surface area contributed by atoms with Gasteiger partial charge in [0.2, 0.25) is 0 Å². The van der Waals surface area contributed by atoms with Gasteiger partial charge < -0.3 is 0 Å². The van der Waals surface area contributed by atoms with Gasteiger partial charge in [-0.15, -0.1) is 0 Å². The molecule has 62 valence electrons. The van der Waals surface area contributed by atoms with Crippen molar-refractivity contribution in [1.82, 2.24) is 0 Å². The average Bonchev–Trinajstić information content (AvgIpc) is 1.86. The van der Waals surface area contributed by atoms with Gasteiger partial charge in [0.25, 0.3) is 0 Å². The molecule has 4 heteroatoms. The second-order valence-electron chi connectivity index (χ2n) is 2.57. The highest BCUT2D eigenvalue weighted by molar-refractivity contribution is 5.61. The number of nitrogens with zero attached hydrogens (tertiary/aromatic N) is 1. The lowest BCUT2D eigenvalue weighted by Crippen LogP contribution is -2.14. The molecule has 0 aromatic carbocycles. The molecular weight excluding hydrogens is 155 g/mol. The first-order valence-corrected chi connectivity index (χ1v) is 3.31. The molecule has 0 radical (unpaired) electrons. The number of hydrogen-bond acceptors (Lipinski definition) is 1. The molecule has 11 heavy (non-hydrogen) atoms. The van der Waals surface area contributed by atoms with Crippen LogP contribution in [0.5, 0.6) is 0 Å². The van der Waals surface area contributed by atoms with E-state index in [9.17, 15) is 13.2 Å². The molecular formula is C7H8F3N. The van der Waals surface area contributed by atoms with Crippen molar-refractivity contribution in [3.05, 3.63) is 11.8 Å². The van der Waals surface area contributed by atoms with E-state index in [4.69, 9.17) is 0 Å². The van der Waals surface area contributed by atoms with Crippen molar-refractivity contribution in [2.45, 2.75) is 19.5 Å². The molecule has 0 bridgehead atoms. The fourth-order valence-corrected chi connectivity index (χ4v) is 0.866. The molecule has 0 aromatic heterocycles. The average molecular weight is 163 g/mol. The van der Waals surface area contributed by atoms with Crippen molar-refractivity contribution in [2.24, 2.45) is 10.9 Å². The topological polar surface area (TPSA) is 12.4 Å². The Balaban J connectivity index is 2.80. The summed E-state index contributed by atoms with van der Waals surface area (Å²) in [7, 11) is 0. The Bertz CT molecular complexity index is 202. The molecule has 1 heterocycles. The summed E-state index contributed by atoms with van der Waals surface area (Å²) in [5.74, 6) is -0.0517. The van der Waals surface area contributed by atoms with Crippen LogP contribution >= 0.6 is 0 Å². The molecule has 0 aromatic rings. The van der Waals surface area contributed by atoms with Crippen molar-refractivity contribution in [1.29, 1.82) is 0 Å². The van der Waals surface area contributed by atoms with E-state index in [2.05, 4.69) is 4.99 Å². The lowest BCUT2D eigenvalue weighted by atomic mass is 10.1. The Hall–Kier alpha value is -0.800. The molecule has 0 aliphatic carbocycles. The summed E-state index contributed by atoms with van der Waals surface area (Å²) in [6, 6.07) is 0. The van der Waals surface area contributed by atoms with Gasteiger partial charge in [0.15, 0.2) is 0 Å². The van der Waals surface area contributed by atoms with Crippen LogP contribution in [-0.4, -0.2) is 12.4 Å². The van der Waals surface area contributed by atoms with Crippen LogP contribution in [-0.2, 0) is 0 Å². The molecule has 1 nitrogen and oxygen atoms in total. The molecule has 0 N–H and O–H groups in total. The van der Waals surface area contributed by atoms with Crippen LogP contribution in [0.4, 0.5) is 13.2 Å². The standard InChI is InChI=1S/C7H8F3N/c1-5-2-3-11-6(4-5)7(8,9)10/h3-5H,2H2,1H3. The predicted molar refractivity (Wildman–Crippen MR) is 36.4 cm³/mol. The van der Waals surface area contributed by atoms with Gasteiger partial charge >= 0.3 is 6.18 Å². The van der Waals surface area contributed by atoms with Crippen molar-refractivity contribution in [3.63, 3.8) is 0 Å². The van der Waals surface area contributed by atoms with Crippen molar-refractivity contribution < 1.29 is 13.2 Å². The first-order chi connectivity index (χ1) is 5.00. The first-order valence-electron chi connectivity index (χ1n) is 3.31. The zero-order valence-electron chi connectivity index (χ0n) is 6.02. The van der Waals surface area contributed by atoms with Gasteiger partial charge in [-0.2, -0.15) is 13.2 Å². The second kappa shape index (κ2) is 2.68. The lowest BCUT2D eigenvalue weighted by Gasteiger charge is -2.13. The summed E-state index contributed by atoms with van der Waals surface area (Å²) in [5, 5.41) is 0. The second-order valence-corrected chi connectivity index (χ2v) is 2.57. The van der Waals surface area contributed by atoms with E-state index in [0.29, 0.717) is 6.42 Å². The maximum absolute atomic E-state index is 11.9. The van der Waals surface area contributed by atoms with Gasteiger partial charge in [0, 0.05) is 6.21 Å². The van der Waals surface area contributed by atoms with Gasteiger partial charge in [0.05, 0.1) is 0 Å². The van der Waals surface area contributed by atoms with Crippen LogP contribution in [0.25, 0.3) is 0 Å². The molecule has 0 spiro atoms. The van der Waals surface area contributed by atoms with Crippen LogP contribution in [0.2, 0.25) is 0 Å². The maximum Gasteiger partial charge on any atom is 0.433 e.